The molecule has 0 unspecified atom stereocenters. The Balaban J connectivity index is 1.41. The van der Waals surface area contributed by atoms with Crippen LogP contribution in [0.15, 0.2) is 48.5 Å². The summed E-state index contributed by atoms with van der Waals surface area (Å²) in [5, 5.41) is 9.37. The molecule has 0 aliphatic heterocycles. The normalized spacial score (nSPS) is 13.5. The van der Waals surface area contributed by atoms with E-state index in [2.05, 4.69) is 30.9 Å². The first-order chi connectivity index (χ1) is 20.3. The van der Waals surface area contributed by atoms with E-state index < -0.39 is 36.1 Å². The number of nitrogens with zero attached hydrogens (tertiary/aromatic N) is 4. The van der Waals surface area contributed by atoms with Crippen LogP contribution in [0.1, 0.15) is 35.2 Å². The topological polar surface area (TPSA) is 164 Å². The number of hydrogen-bond donors (Lipinski definition) is 4. The van der Waals surface area contributed by atoms with E-state index in [0.717, 1.165) is 18.4 Å². The number of aromatic nitrogens is 3. The number of nitrogens with two attached hydrogens (primary N) is 1. The lowest BCUT2D eigenvalue weighted by Crippen LogP contribution is -2.39. The molecule has 3 aromatic rings. The quantitative estimate of drug-likeness (QED) is 0.175. The van der Waals surface area contributed by atoms with E-state index in [4.69, 9.17) is 22.1 Å². The molecule has 5 N–H and O–H groups in total. The van der Waals surface area contributed by atoms with E-state index >= 15 is 0 Å². The van der Waals surface area contributed by atoms with Gasteiger partial charge in [-0.25, -0.2) is 0 Å². The molecule has 1 saturated carbocycles. The highest BCUT2D eigenvalue weighted by Gasteiger charge is 2.45. The van der Waals surface area contributed by atoms with Crippen LogP contribution in [-0.4, -0.2) is 70.5 Å². The van der Waals surface area contributed by atoms with E-state index in [-0.39, 0.29) is 30.9 Å². The third-order valence-corrected chi connectivity index (χ3v) is 6.65. The van der Waals surface area contributed by atoms with Crippen molar-refractivity contribution in [2.24, 2.45) is 5.73 Å². The monoisotopic (exact) mass is 620 g/mol. The number of benzene rings is 2. The Morgan fingerprint density at radius 3 is 2.28 bits per heavy atom. The van der Waals surface area contributed by atoms with Gasteiger partial charge in [0.05, 0.1) is 5.54 Å². The second-order valence-electron chi connectivity index (χ2n) is 9.79. The van der Waals surface area contributed by atoms with Crippen molar-refractivity contribution in [3.05, 3.63) is 64.7 Å². The number of carbonyl (C=O) groups is 3. The van der Waals surface area contributed by atoms with Crippen LogP contribution in [0.2, 0.25) is 5.02 Å². The third kappa shape index (κ3) is 8.91. The molecule has 1 aliphatic carbocycles. The predicted molar refractivity (Wildman–Crippen MR) is 151 cm³/mol. The molecule has 1 fully saturated rings. The van der Waals surface area contributed by atoms with Crippen molar-refractivity contribution >= 4 is 46.9 Å². The number of hydrogen-bond acceptors (Lipinski definition) is 9. The number of nitrogens with one attached hydrogen (secondary N) is 3. The lowest BCUT2D eigenvalue weighted by molar-refractivity contribution is -0.154. The number of amides is 3. The van der Waals surface area contributed by atoms with E-state index in [1.54, 1.807) is 24.3 Å². The lowest BCUT2D eigenvalue weighted by atomic mass is 10.1. The molecular formula is C27H28ClF3N8O4. The molecule has 1 heterocycles. The van der Waals surface area contributed by atoms with Crippen molar-refractivity contribution in [2.45, 2.75) is 31.0 Å². The summed E-state index contributed by atoms with van der Waals surface area (Å²) in [6.45, 7) is -1.11. The Labute approximate surface area is 249 Å². The van der Waals surface area contributed by atoms with Gasteiger partial charge in [-0.1, -0.05) is 23.7 Å². The number of likely N-dealkylation sites (N-methyl/N-ethyl adjacent to an activating group) is 1. The van der Waals surface area contributed by atoms with Crippen molar-refractivity contribution in [1.82, 2.24) is 25.2 Å². The lowest BCUT2D eigenvalue weighted by Gasteiger charge is -2.19. The van der Waals surface area contributed by atoms with Crippen LogP contribution >= 0.6 is 11.6 Å². The summed E-state index contributed by atoms with van der Waals surface area (Å²) in [4.78, 5) is 48.4. The summed E-state index contributed by atoms with van der Waals surface area (Å²) in [5.41, 5.74) is 6.14. The summed E-state index contributed by atoms with van der Waals surface area (Å²) in [6, 6.07) is 12.9. The van der Waals surface area contributed by atoms with Gasteiger partial charge in [0.2, 0.25) is 11.9 Å². The first-order valence-electron chi connectivity index (χ1n) is 13.0. The molecule has 0 radical (unpaired) electrons. The highest BCUT2D eigenvalue weighted by Crippen LogP contribution is 2.48. The van der Waals surface area contributed by atoms with Crippen molar-refractivity contribution < 1.29 is 32.3 Å². The maximum Gasteiger partial charge on any atom is 0.422 e. The third-order valence-electron chi connectivity index (χ3n) is 6.39. The number of anilines is 3. The van der Waals surface area contributed by atoms with E-state index in [0.29, 0.717) is 22.7 Å². The van der Waals surface area contributed by atoms with Crippen molar-refractivity contribution in [1.29, 1.82) is 0 Å². The molecular weight excluding hydrogens is 593 g/mol. The fraction of sp³-hybridized carbons (Fsp3) is 0.333. The molecule has 1 aliphatic rings. The second kappa shape index (κ2) is 13.1. The molecule has 0 atom stereocenters. The average molecular weight is 621 g/mol. The van der Waals surface area contributed by atoms with Crippen LogP contribution in [0.25, 0.3) is 0 Å². The second-order valence-corrected chi connectivity index (χ2v) is 10.2. The molecule has 16 heteroatoms. The van der Waals surface area contributed by atoms with Gasteiger partial charge in [-0.3, -0.25) is 14.4 Å². The van der Waals surface area contributed by atoms with Gasteiger partial charge in [0.25, 0.3) is 5.91 Å². The number of rotatable bonds is 12. The van der Waals surface area contributed by atoms with Gasteiger partial charge in [-0.2, -0.15) is 28.1 Å². The molecule has 0 bridgehead atoms. The van der Waals surface area contributed by atoms with Crippen LogP contribution in [0.3, 0.4) is 0 Å². The van der Waals surface area contributed by atoms with Crippen LogP contribution in [-0.2, 0) is 15.1 Å². The minimum atomic E-state index is -4.60. The smallest absolute Gasteiger partial charge is 0.422 e. The van der Waals surface area contributed by atoms with Gasteiger partial charge in [-0.05, 0) is 61.2 Å². The molecule has 2 aromatic carbocycles. The van der Waals surface area contributed by atoms with Crippen molar-refractivity contribution in [3.63, 3.8) is 0 Å². The molecule has 0 spiro atoms. The predicted octanol–water partition coefficient (Wildman–Crippen LogP) is 3.37. The number of primary amides is 1. The molecule has 1 aromatic heterocycles. The Bertz CT molecular complexity index is 1470. The highest BCUT2D eigenvalue weighted by molar-refractivity contribution is 6.34. The van der Waals surface area contributed by atoms with E-state index in [9.17, 15) is 27.6 Å². The standard InChI is InChI=1S/C27H28ClF3N8O4/c1-39(22(42)20(32)40)14-2-13-33-21(41)16-3-9-19(10-4-16)34-23-35-24(37-25(36-23)43-15-27(29,30)31)38-26(11-12-26)17-5-7-18(28)8-6-17/h3-10H,2,11-15H2,1H3,(H2,32,40)(H,33,41)(H2,34,35,36,37,38). The fourth-order valence-electron chi connectivity index (χ4n) is 4.02. The summed E-state index contributed by atoms with van der Waals surface area (Å²) in [6.07, 6.45) is -2.71. The maximum absolute atomic E-state index is 12.8. The molecule has 3 amide bonds. The largest absolute Gasteiger partial charge is 0.454 e. The summed E-state index contributed by atoms with van der Waals surface area (Å²) in [7, 11) is 1.43. The number of ether oxygens (including phenoxy) is 1. The van der Waals surface area contributed by atoms with Gasteiger partial charge in [0, 0.05) is 36.4 Å². The highest BCUT2D eigenvalue weighted by atomic mass is 35.5. The summed E-state index contributed by atoms with van der Waals surface area (Å²) < 4.78 is 43.3. The van der Waals surface area contributed by atoms with E-state index in [1.807, 2.05) is 12.1 Å². The Hall–Kier alpha value is -4.66. The van der Waals surface area contributed by atoms with E-state index in [1.165, 1.54) is 24.1 Å². The Kier molecular flexibility index (Phi) is 9.53. The minimum absolute atomic E-state index is 0.0151. The number of carbonyl (C=O) groups excluding carboxylic acids is 3. The Morgan fingerprint density at radius 1 is 1.02 bits per heavy atom. The number of halogens is 4. The van der Waals surface area contributed by atoms with Crippen molar-refractivity contribution in [3.8, 4) is 6.01 Å². The molecule has 4 rings (SSSR count). The van der Waals surface area contributed by atoms with Crippen LogP contribution in [0, 0.1) is 0 Å². The minimum Gasteiger partial charge on any atom is -0.454 e. The van der Waals surface area contributed by atoms with Gasteiger partial charge < -0.3 is 31.3 Å². The maximum atomic E-state index is 12.8. The van der Waals surface area contributed by atoms with Gasteiger partial charge in [-0.15, -0.1) is 0 Å². The zero-order valence-corrected chi connectivity index (χ0v) is 23.6. The van der Waals surface area contributed by atoms with Gasteiger partial charge in [0.15, 0.2) is 6.61 Å². The summed E-state index contributed by atoms with van der Waals surface area (Å²) in [5.74, 6) is -2.31. The van der Waals surface area contributed by atoms with Crippen LogP contribution in [0.4, 0.5) is 30.8 Å². The molecule has 228 valence electrons. The van der Waals surface area contributed by atoms with Crippen LogP contribution in [0.5, 0.6) is 6.01 Å². The number of alkyl halides is 3. The summed E-state index contributed by atoms with van der Waals surface area (Å²) >= 11 is 6.00. The molecule has 0 saturated heterocycles. The molecule has 12 nitrogen and oxygen atoms in total. The zero-order valence-electron chi connectivity index (χ0n) is 22.9. The zero-order chi connectivity index (χ0) is 31.2. The SMILES string of the molecule is CN(CCCNC(=O)c1ccc(Nc2nc(NC3(c4ccc(Cl)cc4)CC3)nc(OCC(F)(F)F)n2)cc1)C(=O)C(N)=O. The Morgan fingerprint density at radius 2 is 1.67 bits per heavy atom. The molecule has 43 heavy (non-hydrogen) atoms. The first kappa shape index (κ1) is 31.3. The first-order valence-corrected chi connectivity index (χ1v) is 13.4. The van der Waals surface area contributed by atoms with Crippen molar-refractivity contribution in [2.75, 3.05) is 37.4 Å². The van der Waals surface area contributed by atoms with Gasteiger partial charge >= 0.3 is 24.0 Å². The fourth-order valence-corrected chi connectivity index (χ4v) is 4.14. The van der Waals surface area contributed by atoms with Gasteiger partial charge in [0.1, 0.15) is 0 Å². The average Bonchev–Trinajstić information content (AvgIpc) is 3.74. The van der Waals surface area contributed by atoms with Crippen LogP contribution < -0.4 is 26.4 Å².